The van der Waals surface area contributed by atoms with Gasteiger partial charge in [0.2, 0.25) is 0 Å². The van der Waals surface area contributed by atoms with E-state index in [-0.39, 0.29) is 5.56 Å². The fraction of sp³-hybridized carbons (Fsp3) is 0.526. The predicted octanol–water partition coefficient (Wildman–Crippen LogP) is 2.03. The first-order chi connectivity index (χ1) is 12.0. The Kier molecular flexibility index (Phi) is 7.08. The number of rotatable bonds is 3. The molecule has 1 saturated carbocycles. The summed E-state index contributed by atoms with van der Waals surface area (Å²) in [6, 6.07) is 0.326. The summed E-state index contributed by atoms with van der Waals surface area (Å²) in [6.07, 6.45) is 9.45. The first-order valence-corrected chi connectivity index (χ1v) is 9.50. The van der Waals surface area contributed by atoms with Crippen molar-refractivity contribution in [3.63, 3.8) is 0 Å². The van der Waals surface area contributed by atoms with Gasteiger partial charge in [0.1, 0.15) is 4.70 Å². The summed E-state index contributed by atoms with van der Waals surface area (Å²) in [5.74, 6) is 0. The summed E-state index contributed by atoms with van der Waals surface area (Å²) >= 11 is 1.41. The maximum atomic E-state index is 12.5. The minimum atomic E-state index is 0.0803. The lowest BCUT2D eigenvalue weighted by Gasteiger charge is -2.23. The van der Waals surface area contributed by atoms with Crippen LogP contribution in [0.15, 0.2) is 16.1 Å². The maximum absolute atomic E-state index is 12.5. The molecule has 0 unspecified atom stereocenters. The molecule has 6 heteroatoms. The van der Waals surface area contributed by atoms with E-state index in [4.69, 9.17) is 0 Å². The first-order valence-electron chi connectivity index (χ1n) is 8.68. The van der Waals surface area contributed by atoms with Gasteiger partial charge in [0.15, 0.2) is 0 Å². The second-order valence-corrected chi connectivity index (χ2v) is 7.74. The average molecular weight is 361 g/mol. The van der Waals surface area contributed by atoms with E-state index in [2.05, 4.69) is 28.0 Å². The molecule has 1 fully saturated rings. The lowest BCUT2D eigenvalue weighted by atomic mass is 9.95. The van der Waals surface area contributed by atoms with E-state index in [0.29, 0.717) is 10.7 Å². The third-order valence-electron chi connectivity index (χ3n) is 4.40. The van der Waals surface area contributed by atoms with Gasteiger partial charge in [-0.05, 0) is 26.9 Å². The Balaban J connectivity index is 0.000000277. The summed E-state index contributed by atoms with van der Waals surface area (Å²) in [4.78, 5) is 22.8. The molecule has 0 aromatic carbocycles. The van der Waals surface area contributed by atoms with Crippen molar-refractivity contribution in [3.05, 3.63) is 26.4 Å². The van der Waals surface area contributed by atoms with Gasteiger partial charge < -0.3 is 4.90 Å². The van der Waals surface area contributed by atoms with Crippen molar-refractivity contribution < 1.29 is 0 Å². The van der Waals surface area contributed by atoms with Crippen LogP contribution in [0.1, 0.15) is 38.1 Å². The van der Waals surface area contributed by atoms with Crippen molar-refractivity contribution in [1.29, 1.82) is 0 Å². The van der Waals surface area contributed by atoms with E-state index in [0.717, 1.165) is 34.7 Å². The number of nitrogens with zero attached hydrogens (tertiary/aromatic N) is 4. The molecule has 0 aliphatic heterocycles. The Morgan fingerprint density at radius 2 is 2.04 bits per heavy atom. The summed E-state index contributed by atoms with van der Waals surface area (Å²) < 4.78 is 3.37. The second kappa shape index (κ2) is 9.06. The third-order valence-corrected chi connectivity index (χ3v) is 5.47. The molecule has 136 valence electrons. The van der Waals surface area contributed by atoms with Gasteiger partial charge >= 0.3 is 0 Å². The van der Waals surface area contributed by atoms with Gasteiger partial charge in [-0.2, -0.15) is 0 Å². The predicted molar refractivity (Wildman–Crippen MR) is 109 cm³/mol. The van der Waals surface area contributed by atoms with Crippen LogP contribution in [0, 0.1) is 0 Å². The number of thiophene rings is 1. The highest BCUT2D eigenvalue weighted by atomic mass is 32.1. The van der Waals surface area contributed by atoms with Gasteiger partial charge in [-0.25, -0.2) is 4.98 Å². The van der Waals surface area contributed by atoms with Gasteiger partial charge in [-0.3, -0.25) is 14.4 Å². The van der Waals surface area contributed by atoms with Crippen molar-refractivity contribution >= 4 is 40.9 Å². The van der Waals surface area contributed by atoms with E-state index in [1.54, 1.807) is 13.4 Å². The fourth-order valence-corrected chi connectivity index (χ4v) is 3.87. The average Bonchev–Trinajstić information content (AvgIpc) is 2.90. The molecular formula is C19H28N4OS. The summed E-state index contributed by atoms with van der Waals surface area (Å²) in [7, 11) is 5.81. The van der Waals surface area contributed by atoms with Crippen LogP contribution in [0.3, 0.4) is 0 Å². The quantitative estimate of drug-likeness (QED) is 0.787. The molecule has 2 aromatic rings. The van der Waals surface area contributed by atoms with E-state index in [1.807, 2.05) is 24.9 Å². The van der Waals surface area contributed by atoms with E-state index < -0.39 is 0 Å². The first kappa shape index (κ1) is 19.5. The van der Waals surface area contributed by atoms with E-state index in [9.17, 15) is 4.79 Å². The van der Waals surface area contributed by atoms with Crippen LogP contribution in [0.4, 0.5) is 0 Å². The molecule has 3 rings (SSSR count). The molecule has 2 heterocycles. The van der Waals surface area contributed by atoms with Crippen molar-refractivity contribution in [2.75, 3.05) is 27.7 Å². The van der Waals surface area contributed by atoms with Crippen molar-refractivity contribution in [3.8, 4) is 0 Å². The van der Waals surface area contributed by atoms with Gasteiger partial charge in [-0.1, -0.05) is 32.4 Å². The van der Waals surface area contributed by atoms with Gasteiger partial charge in [0, 0.05) is 35.6 Å². The lowest BCUT2D eigenvalue weighted by molar-refractivity contribution is 0.345. The molecule has 0 atom stereocenters. The molecule has 0 radical (unpaired) electrons. The highest BCUT2D eigenvalue weighted by molar-refractivity contribution is 7.16. The van der Waals surface area contributed by atoms with Gasteiger partial charge in [0.25, 0.3) is 5.56 Å². The van der Waals surface area contributed by atoms with Crippen LogP contribution in [-0.4, -0.2) is 48.4 Å². The standard InChI is InChI=1S/C14H16N2OS.C5H12N2/c1-9-10(2)18-13-12(9)15-8-16(14(13)17)11-6-4-3-5-7-11;1-6-4-5-7(2)3/h8,11H,1-7H2;4H,5H2,1-3H3. The normalized spacial score (nSPS) is 15.7. The Morgan fingerprint density at radius 3 is 2.60 bits per heavy atom. The molecule has 0 spiro atoms. The second-order valence-electron chi connectivity index (χ2n) is 6.63. The fourth-order valence-electron chi connectivity index (χ4n) is 2.94. The molecule has 0 bridgehead atoms. The molecule has 1 aliphatic rings. The van der Waals surface area contributed by atoms with Gasteiger partial charge in [-0.15, -0.1) is 11.3 Å². The zero-order valence-electron chi connectivity index (χ0n) is 15.5. The van der Waals surface area contributed by atoms with Crippen LogP contribution in [0.25, 0.3) is 23.4 Å². The Hall–Kier alpha value is -1.79. The molecule has 25 heavy (non-hydrogen) atoms. The number of hydrogen-bond acceptors (Lipinski definition) is 5. The topological polar surface area (TPSA) is 50.5 Å². The monoisotopic (exact) mass is 360 g/mol. The highest BCUT2D eigenvalue weighted by Gasteiger charge is 2.18. The zero-order chi connectivity index (χ0) is 18.4. The number of aliphatic imine (C=N–C) groups is 1. The molecule has 2 aromatic heterocycles. The van der Waals surface area contributed by atoms with Crippen LogP contribution in [-0.2, 0) is 0 Å². The zero-order valence-corrected chi connectivity index (χ0v) is 16.3. The minimum absolute atomic E-state index is 0.0803. The third kappa shape index (κ3) is 4.86. The maximum Gasteiger partial charge on any atom is 0.271 e. The van der Waals surface area contributed by atoms with Crippen LogP contribution >= 0.6 is 11.3 Å². The Bertz CT molecular complexity index is 875. The smallest absolute Gasteiger partial charge is 0.271 e. The van der Waals surface area contributed by atoms with Crippen molar-refractivity contribution in [1.82, 2.24) is 14.5 Å². The Morgan fingerprint density at radius 1 is 1.36 bits per heavy atom. The van der Waals surface area contributed by atoms with Crippen molar-refractivity contribution in [2.45, 2.75) is 38.1 Å². The molecule has 0 saturated heterocycles. The van der Waals surface area contributed by atoms with E-state index in [1.165, 1.54) is 30.6 Å². The van der Waals surface area contributed by atoms with Crippen molar-refractivity contribution in [2.24, 2.45) is 4.99 Å². The minimum Gasteiger partial charge on any atom is -0.304 e. The molecular weight excluding hydrogens is 332 g/mol. The van der Waals surface area contributed by atoms with Crippen LogP contribution < -0.4 is 15.3 Å². The molecule has 0 amide bonds. The molecule has 1 aliphatic carbocycles. The van der Waals surface area contributed by atoms with Crippen LogP contribution in [0.5, 0.6) is 0 Å². The summed E-state index contributed by atoms with van der Waals surface area (Å²) in [5.41, 5.74) is 0.804. The van der Waals surface area contributed by atoms with Crippen LogP contribution in [0.2, 0.25) is 0 Å². The number of fused-ring (bicyclic) bond motifs is 1. The number of aromatic nitrogens is 2. The number of hydrogen-bond donors (Lipinski definition) is 0. The molecule has 0 N–H and O–H groups in total. The Labute approximate surface area is 153 Å². The lowest BCUT2D eigenvalue weighted by Crippen LogP contribution is -2.26. The molecule has 5 nitrogen and oxygen atoms in total. The SMILES string of the molecule is C=c1sc2c(=O)n(C3CCCCC3)cnc2c1=C.CN=CCN(C)C. The summed E-state index contributed by atoms with van der Waals surface area (Å²) in [6.45, 7) is 8.78. The van der Waals surface area contributed by atoms with Gasteiger partial charge in [0.05, 0.1) is 11.8 Å². The summed E-state index contributed by atoms with van der Waals surface area (Å²) in [5, 5.41) is 0.794. The van der Waals surface area contributed by atoms with E-state index >= 15 is 0 Å². The largest absolute Gasteiger partial charge is 0.304 e. The highest BCUT2D eigenvalue weighted by Crippen LogP contribution is 2.26.